The minimum absolute atomic E-state index is 0.436. The van der Waals surface area contributed by atoms with Crippen LogP contribution in [0.1, 0.15) is 6.42 Å². The van der Waals surface area contributed by atoms with Gasteiger partial charge >= 0.3 is 0 Å². The molecule has 1 aromatic heterocycles. The molecule has 0 bridgehead atoms. The second-order valence-electron chi connectivity index (χ2n) is 4.20. The average Bonchev–Trinajstić information content (AvgIpc) is 2.67. The molecule has 0 radical (unpaired) electrons. The molecule has 0 fully saturated rings. The number of aromatic nitrogens is 1. The Morgan fingerprint density at radius 3 is 2.78 bits per heavy atom. The summed E-state index contributed by atoms with van der Waals surface area (Å²) >= 11 is 0. The number of fused-ring (bicyclic) bond motifs is 1. The van der Waals surface area contributed by atoms with Crippen LogP contribution in [0.15, 0.2) is 36.5 Å². The fraction of sp³-hybridized carbons (Fsp3) is 0.333. The van der Waals surface area contributed by atoms with Crippen molar-refractivity contribution in [3.8, 4) is 0 Å². The number of para-hydroxylation sites is 1. The first-order valence-electron chi connectivity index (χ1n) is 5.63. The van der Waals surface area contributed by atoms with Gasteiger partial charge in [0.1, 0.15) is 6.23 Å². The zero-order valence-corrected chi connectivity index (χ0v) is 10.9. The maximum absolute atomic E-state index is 10.9. The van der Waals surface area contributed by atoms with Gasteiger partial charge in [-0.15, -0.1) is 0 Å². The van der Waals surface area contributed by atoms with E-state index in [-0.39, 0.29) is 0 Å². The first kappa shape index (κ1) is 13.1. The summed E-state index contributed by atoms with van der Waals surface area (Å²) < 4.78 is 28.5. The van der Waals surface area contributed by atoms with Crippen LogP contribution in [-0.4, -0.2) is 25.5 Å². The highest BCUT2D eigenvalue weighted by Crippen LogP contribution is 2.15. The molecule has 6 heteroatoms. The molecule has 2 rings (SSSR count). The highest BCUT2D eigenvalue weighted by atomic mass is 32.2. The summed E-state index contributed by atoms with van der Waals surface area (Å²) in [7, 11) is -3.49. The zero-order valence-electron chi connectivity index (χ0n) is 10.1. The third-order valence-corrected chi connectivity index (χ3v) is 3.23. The molecule has 1 heterocycles. The summed E-state index contributed by atoms with van der Waals surface area (Å²) in [5.41, 5.74) is 6.71. The van der Waals surface area contributed by atoms with Gasteiger partial charge in [-0.05, 0) is 17.5 Å². The molecule has 1 aromatic carbocycles. The minimum atomic E-state index is -3.49. The van der Waals surface area contributed by atoms with Crippen molar-refractivity contribution in [2.75, 3.05) is 6.26 Å². The summed E-state index contributed by atoms with van der Waals surface area (Å²) in [6.07, 6.45) is 2.59. The van der Waals surface area contributed by atoms with Crippen molar-refractivity contribution in [2.45, 2.75) is 19.2 Å². The van der Waals surface area contributed by atoms with Crippen molar-refractivity contribution < 1.29 is 12.6 Å². The van der Waals surface area contributed by atoms with Crippen molar-refractivity contribution in [3.63, 3.8) is 0 Å². The van der Waals surface area contributed by atoms with Gasteiger partial charge in [0.2, 0.25) is 0 Å². The average molecular weight is 268 g/mol. The molecule has 0 saturated carbocycles. The molecule has 2 N–H and O–H groups in total. The van der Waals surface area contributed by atoms with E-state index in [1.807, 2.05) is 41.1 Å². The Bertz CT molecular complexity index is 634. The summed E-state index contributed by atoms with van der Waals surface area (Å²) in [6.45, 7) is 0.615. The highest BCUT2D eigenvalue weighted by molar-refractivity contribution is 7.86. The molecule has 5 nitrogen and oxygen atoms in total. The van der Waals surface area contributed by atoms with Crippen LogP contribution in [0.5, 0.6) is 0 Å². The molecule has 0 aliphatic heterocycles. The SMILES string of the molecule is CS(=O)(=O)OC(N)CCn1ccc2ccccc21. The summed E-state index contributed by atoms with van der Waals surface area (Å²) in [5, 5.41) is 1.15. The van der Waals surface area contributed by atoms with Gasteiger partial charge in [-0.1, -0.05) is 18.2 Å². The van der Waals surface area contributed by atoms with E-state index in [4.69, 9.17) is 5.73 Å². The second-order valence-corrected chi connectivity index (χ2v) is 5.80. The largest absolute Gasteiger partial charge is 0.347 e. The molecule has 0 spiro atoms. The van der Waals surface area contributed by atoms with Gasteiger partial charge in [-0.3, -0.25) is 4.18 Å². The van der Waals surface area contributed by atoms with Gasteiger partial charge < -0.3 is 10.3 Å². The van der Waals surface area contributed by atoms with Crippen LogP contribution >= 0.6 is 0 Å². The van der Waals surface area contributed by atoms with Gasteiger partial charge in [0, 0.05) is 24.7 Å². The lowest BCUT2D eigenvalue weighted by Gasteiger charge is -2.12. The van der Waals surface area contributed by atoms with Gasteiger partial charge in [0.25, 0.3) is 10.1 Å². The van der Waals surface area contributed by atoms with Crippen LogP contribution in [0.4, 0.5) is 0 Å². The smallest absolute Gasteiger partial charge is 0.265 e. The topological polar surface area (TPSA) is 74.3 Å². The molecule has 1 unspecified atom stereocenters. The molecule has 0 saturated heterocycles. The van der Waals surface area contributed by atoms with Crippen molar-refractivity contribution in [1.29, 1.82) is 0 Å². The molecule has 18 heavy (non-hydrogen) atoms. The molecular weight excluding hydrogens is 252 g/mol. The third-order valence-electron chi connectivity index (χ3n) is 2.63. The van der Waals surface area contributed by atoms with Gasteiger partial charge in [0.05, 0.1) is 6.26 Å². The van der Waals surface area contributed by atoms with Crippen LogP contribution in [0, 0.1) is 0 Å². The fourth-order valence-electron chi connectivity index (χ4n) is 1.87. The van der Waals surface area contributed by atoms with Crippen molar-refractivity contribution in [3.05, 3.63) is 36.5 Å². The Labute approximate surface area is 106 Å². The number of hydrogen-bond acceptors (Lipinski definition) is 4. The quantitative estimate of drug-likeness (QED) is 0.655. The molecule has 0 aliphatic rings. The van der Waals surface area contributed by atoms with E-state index in [1.54, 1.807) is 0 Å². The maximum Gasteiger partial charge on any atom is 0.265 e. The predicted octanol–water partition coefficient (Wildman–Crippen LogP) is 1.29. The van der Waals surface area contributed by atoms with E-state index in [1.165, 1.54) is 0 Å². The zero-order chi connectivity index (χ0) is 13.2. The maximum atomic E-state index is 10.9. The van der Waals surface area contributed by atoms with E-state index in [9.17, 15) is 8.42 Å². The predicted molar refractivity (Wildman–Crippen MR) is 70.5 cm³/mol. The monoisotopic (exact) mass is 268 g/mol. The first-order valence-corrected chi connectivity index (χ1v) is 7.45. The number of nitrogens with zero attached hydrogens (tertiary/aromatic N) is 1. The summed E-state index contributed by atoms with van der Waals surface area (Å²) in [4.78, 5) is 0. The van der Waals surface area contributed by atoms with Crippen LogP contribution < -0.4 is 5.73 Å². The molecule has 1 atom stereocenters. The number of aryl methyl sites for hydroxylation is 1. The molecule has 2 aromatic rings. The first-order chi connectivity index (χ1) is 8.46. The van der Waals surface area contributed by atoms with Crippen LogP contribution in [0.3, 0.4) is 0 Å². The lowest BCUT2D eigenvalue weighted by atomic mass is 10.2. The van der Waals surface area contributed by atoms with E-state index < -0.39 is 16.3 Å². The third kappa shape index (κ3) is 3.32. The highest BCUT2D eigenvalue weighted by Gasteiger charge is 2.11. The molecular formula is C12H16N2O3S. The summed E-state index contributed by atoms with van der Waals surface area (Å²) in [5.74, 6) is 0. The molecule has 0 aliphatic carbocycles. The van der Waals surface area contributed by atoms with Crippen molar-refractivity contribution in [1.82, 2.24) is 4.57 Å². The Kier molecular flexibility index (Phi) is 3.70. The second kappa shape index (κ2) is 5.09. The Balaban J connectivity index is 2.02. The van der Waals surface area contributed by atoms with E-state index in [0.29, 0.717) is 13.0 Å². The van der Waals surface area contributed by atoms with Crippen molar-refractivity contribution in [2.24, 2.45) is 5.73 Å². The van der Waals surface area contributed by atoms with Gasteiger partial charge in [-0.25, -0.2) is 0 Å². The molecule has 98 valence electrons. The van der Waals surface area contributed by atoms with Gasteiger partial charge in [0.15, 0.2) is 0 Å². The lowest BCUT2D eigenvalue weighted by Crippen LogP contribution is -2.28. The normalized spacial score (nSPS) is 13.9. The number of nitrogens with two attached hydrogens (primary N) is 1. The van der Waals surface area contributed by atoms with E-state index in [2.05, 4.69) is 4.18 Å². The van der Waals surface area contributed by atoms with Crippen LogP contribution in [0.2, 0.25) is 0 Å². The summed E-state index contributed by atoms with van der Waals surface area (Å²) in [6, 6.07) is 9.99. The Morgan fingerprint density at radius 2 is 2.06 bits per heavy atom. The fourth-order valence-corrected chi connectivity index (χ4v) is 2.42. The lowest BCUT2D eigenvalue weighted by molar-refractivity contribution is 0.202. The van der Waals surface area contributed by atoms with Crippen molar-refractivity contribution >= 4 is 21.0 Å². The number of rotatable bonds is 5. The number of benzene rings is 1. The van der Waals surface area contributed by atoms with Gasteiger partial charge in [-0.2, -0.15) is 8.42 Å². The van der Waals surface area contributed by atoms with E-state index in [0.717, 1.165) is 17.2 Å². The minimum Gasteiger partial charge on any atom is -0.347 e. The van der Waals surface area contributed by atoms with Crippen LogP contribution in [0.25, 0.3) is 10.9 Å². The standard InChI is InChI=1S/C12H16N2O3S/c1-18(15,16)17-12(13)7-9-14-8-6-10-4-2-3-5-11(10)14/h2-6,8,12H,7,9,13H2,1H3. The molecule has 0 amide bonds. The number of hydrogen-bond donors (Lipinski definition) is 1. The Hall–Kier alpha value is -1.37. The van der Waals surface area contributed by atoms with Crippen LogP contribution in [-0.2, 0) is 20.8 Å². The van der Waals surface area contributed by atoms with E-state index >= 15 is 0 Å². The Morgan fingerprint density at radius 1 is 1.33 bits per heavy atom.